The van der Waals surface area contributed by atoms with E-state index in [9.17, 15) is 9.18 Å². The maximum Gasteiger partial charge on any atom is 0.283 e. The van der Waals surface area contributed by atoms with Crippen LogP contribution in [0, 0.1) is 17.1 Å². The molecule has 1 atom stereocenters. The van der Waals surface area contributed by atoms with Crippen LogP contribution in [0.15, 0.2) is 47.3 Å². The monoisotopic (exact) mass is 337 g/mol. The van der Waals surface area contributed by atoms with E-state index in [4.69, 9.17) is 11.0 Å². The quantitative estimate of drug-likeness (QED) is 0.763. The zero-order valence-corrected chi connectivity index (χ0v) is 13.5. The highest BCUT2D eigenvalue weighted by Gasteiger charge is 2.18. The molecule has 126 valence electrons. The molecule has 0 radical (unpaired) electrons. The summed E-state index contributed by atoms with van der Waals surface area (Å²) < 4.78 is 15.3. The zero-order valence-electron chi connectivity index (χ0n) is 13.5. The molecule has 3 N–H and O–H groups in total. The average Bonchev–Trinajstić information content (AvgIpc) is 2.63. The first kappa shape index (κ1) is 16.6. The van der Waals surface area contributed by atoms with Crippen molar-refractivity contribution >= 4 is 16.6 Å². The minimum atomic E-state index is -0.645. The highest BCUT2D eigenvalue weighted by Crippen LogP contribution is 2.18. The summed E-state index contributed by atoms with van der Waals surface area (Å²) in [5.74, 6) is -0.346. The largest absolute Gasteiger partial charge is 0.321 e. The molecule has 0 aliphatic heterocycles. The first-order chi connectivity index (χ1) is 12.0. The molecule has 1 aromatic heterocycles. The van der Waals surface area contributed by atoms with Gasteiger partial charge >= 0.3 is 0 Å². The number of fused-ring (bicyclic) bond motifs is 1. The second-order valence-electron chi connectivity index (χ2n) is 5.56. The van der Waals surface area contributed by atoms with Crippen LogP contribution in [0.4, 0.5) is 10.1 Å². The van der Waals surface area contributed by atoms with Crippen molar-refractivity contribution in [3.63, 3.8) is 0 Å². The fraction of sp³-hybridized carbons (Fsp3) is 0.167. The van der Waals surface area contributed by atoms with Gasteiger partial charge in [0.25, 0.3) is 5.56 Å². The lowest BCUT2D eigenvalue weighted by atomic mass is 10.2. The van der Waals surface area contributed by atoms with E-state index in [-0.39, 0.29) is 10.9 Å². The Bertz CT molecular complexity index is 1040. The van der Waals surface area contributed by atoms with Crippen LogP contribution in [0.25, 0.3) is 10.9 Å². The van der Waals surface area contributed by atoms with E-state index in [1.807, 2.05) is 13.0 Å². The molecule has 0 amide bonds. The van der Waals surface area contributed by atoms with Crippen molar-refractivity contribution in [3.05, 3.63) is 70.0 Å². The Hall–Kier alpha value is -3.24. The lowest BCUT2D eigenvalue weighted by Crippen LogP contribution is -2.34. The average molecular weight is 337 g/mol. The molecule has 2 aromatic carbocycles. The van der Waals surface area contributed by atoms with Crippen LogP contribution < -0.4 is 16.7 Å². The van der Waals surface area contributed by atoms with E-state index in [2.05, 4.69) is 10.4 Å². The molecule has 0 saturated carbocycles. The SMILES string of the molecule is CC[C@H](N)c1nc2cccc(F)c2c(=O)n1Nc1cccc(C#N)c1. The maximum absolute atomic E-state index is 14.1. The summed E-state index contributed by atoms with van der Waals surface area (Å²) in [6.45, 7) is 1.87. The number of benzene rings is 2. The predicted octanol–water partition coefficient (Wildman–Crippen LogP) is 2.69. The van der Waals surface area contributed by atoms with Gasteiger partial charge in [-0.2, -0.15) is 5.26 Å². The minimum Gasteiger partial charge on any atom is -0.321 e. The predicted molar refractivity (Wildman–Crippen MR) is 93.4 cm³/mol. The van der Waals surface area contributed by atoms with Gasteiger partial charge in [-0.3, -0.25) is 10.2 Å². The highest BCUT2D eigenvalue weighted by atomic mass is 19.1. The van der Waals surface area contributed by atoms with Gasteiger partial charge in [0.2, 0.25) is 0 Å². The minimum absolute atomic E-state index is 0.113. The summed E-state index contributed by atoms with van der Waals surface area (Å²) in [7, 11) is 0. The lowest BCUT2D eigenvalue weighted by Gasteiger charge is -2.19. The Morgan fingerprint density at radius 1 is 1.36 bits per heavy atom. The van der Waals surface area contributed by atoms with Crippen molar-refractivity contribution in [2.45, 2.75) is 19.4 Å². The van der Waals surface area contributed by atoms with E-state index in [1.54, 1.807) is 30.3 Å². The third kappa shape index (κ3) is 3.07. The van der Waals surface area contributed by atoms with E-state index in [1.165, 1.54) is 12.1 Å². The van der Waals surface area contributed by atoms with Crippen LogP contribution in [0.2, 0.25) is 0 Å². The van der Waals surface area contributed by atoms with Crippen LogP contribution in [0.1, 0.15) is 30.8 Å². The summed E-state index contributed by atoms with van der Waals surface area (Å²) >= 11 is 0. The molecule has 0 spiro atoms. The number of hydrogen-bond acceptors (Lipinski definition) is 5. The maximum atomic E-state index is 14.1. The smallest absolute Gasteiger partial charge is 0.283 e. The van der Waals surface area contributed by atoms with Gasteiger partial charge in [-0.25, -0.2) is 14.1 Å². The summed E-state index contributed by atoms with van der Waals surface area (Å²) in [4.78, 5) is 17.2. The van der Waals surface area contributed by atoms with Gasteiger partial charge in [-0.05, 0) is 36.8 Å². The normalized spacial score (nSPS) is 11.9. The third-order valence-electron chi connectivity index (χ3n) is 3.88. The van der Waals surface area contributed by atoms with E-state index in [0.29, 0.717) is 23.5 Å². The lowest BCUT2D eigenvalue weighted by molar-refractivity contribution is 0.601. The second-order valence-corrected chi connectivity index (χ2v) is 5.56. The number of nitrogens with two attached hydrogens (primary N) is 1. The van der Waals surface area contributed by atoms with E-state index < -0.39 is 17.4 Å². The zero-order chi connectivity index (χ0) is 18.0. The highest BCUT2D eigenvalue weighted by molar-refractivity contribution is 5.78. The van der Waals surface area contributed by atoms with Gasteiger partial charge in [-0.1, -0.05) is 19.1 Å². The molecule has 25 heavy (non-hydrogen) atoms. The van der Waals surface area contributed by atoms with Gasteiger partial charge < -0.3 is 5.73 Å². The molecule has 0 saturated heterocycles. The number of rotatable bonds is 4. The molecule has 0 bridgehead atoms. The number of aromatic nitrogens is 2. The van der Waals surface area contributed by atoms with Gasteiger partial charge in [0.1, 0.15) is 17.0 Å². The summed E-state index contributed by atoms with van der Waals surface area (Å²) in [5.41, 5.74) is 9.60. The fourth-order valence-electron chi connectivity index (χ4n) is 2.53. The van der Waals surface area contributed by atoms with E-state index >= 15 is 0 Å². The van der Waals surface area contributed by atoms with Crippen molar-refractivity contribution in [2.24, 2.45) is 5.73 Å². The van der Waals surface area contributed by atoms with Crippen molar-refractivity contribution in [1.29, 1.82) is 5.26 Å². The first-order valence-corrected chi connectivity index (χ1v) is 7.79. The van der Waals surface area contributed by atoms with Crippen LogP contribution in [-0.2, 0) is 0 Å². The molecular weight excluding hydrogens is 321 g/mol. The summed E-state index contributed by atoms with van der Waals surface area (Å²) in [6, 6.07) is 12.4. The number of nitriles is 1. The number of anilines is 1. The van der Waals surface area contributed by atoms with Gasteiger partial charge in [0.05, 0.1) is 28.9 Å². The number of nitrogens with one attached hydrogen (secondary N) is 1. The van der Waals surface area contributed by atoms with Crippen LogP contribution in [0.3, 0.4) is 0 Å². The molecule has 0 aliphatic carbocycles. The Morgan fingerprint density at radius 3 is 2.84 bits per heavy atom. The van der Waals surface area contributed by atoms with Crippen LogP contribution in [0.5, 0.6) is 0 Å². The molecule has 0 unspecified atom stereocenters. The number of hydrogen-bond donors (Lipinski definition) is 2. The molecule has 6 nitrogen and oxygen atoms in total. The number of halogens is 1. The Kier molecular flexibility index (Phi) is 4.46. The topological polar surface area (TPSA) is 96.7 Å². The Morgan fingerprint density at radius 2 is 2.12 bits per heavy atom. The molecule has 7 heteroatoms. The van der Waals surface area contributed by atoms with E-state index in [0.717, 1.165) is 4.68 Å². The first-order valence-electron chi connectivity index (χ1n) is 7.79. The molecular formula is C18H16FN5O. The summed E-state index contributed by atoms with van der Waals surface area (Å²) in [5, 5.41) is 8.90. The van der Waals surface area contributed by atoms with Crippen molar-refractivity contribution < 1.29 is 4.39 Å². The van der Waals surface area contributed by atoms with Gasteiger partial charge in [0, 0.05) is 0 Å². The molecule has 0 fully saturated rings. The molecule has 3 aromatic rings. The van der Waals surface area contributed by atoms with Crippen LogP contribution in [-0.4, -0.2) is 9.66 Å². The summed E-state index contributed by atoms with van der Waals surface area (Å²) in [6.07, 6.45) is 0.549. The molecule has 3 rings (SSSR count). The number of nitrogens with zero attached hydrogens (tertiary/aromatic N) is 3. The Balaban J connectivity index is 2.24. The molecule has 0 aliphatic rings. The Labute approximate surface area is 143 Å². The van der Waals surface area contributed by atoms with Gasteiger partial charge in [0.15, 0.2) is 0 Å². The fourth-order valence-corrected chi connectivity index (χ4v) is 2.53. The van der Waals surface area contributed by atoms with Crippen molar-refractivity contribution in [3.8, 4) is 6.07 Å². The third-order valence-corrected chi connectivity index (χ3v) is 3.88. The van der Waals surface area contributed by atoms with Crippen molar-refractivity contribution in [2.75, 3.05) is 5.43 Å². The molecule has 1 heterocycles. The van der Waals surface area contributed by atoms with Crippen molar-refractivity contribution in [1.82, 2.24) is 9.66 Å². The standard InChI is InChI=1S/C18H16FN5O/c1-2-14(21)17-22-15-8-4-7-13(19)16(15)18(25)24(17)23-12-6-3-5-11(9-12)10-20/h3-9,14,23H,2,21H2,1H3/t14-/m0/s1. The second kappa shape index (κ2) is 6.71. The van der Waals surface area contributed by atoms with Crippen LogP contribution >= 0.6 is 0 Å². The van der Waals surface area contributed by atoms with Gasteiger partial charge in [-0.15, -0.1) is 0 Å².